The van der Waals surface area contributed by atoms with Gasteiger partial charge in [-0.3, -0.25) is 0 Å². The van der Waals surface area contributed by atoms with Crippen LogP contribution in [0.5, 0.6) is 0 Å². The Balaban J connectivity index is 1.90. The fraction of sp³-hybridized carbons (Fsp3) is 0.933. The number of hydrogen-bond acceptors (Lipinski definition) is 3. The summed E-state index contributed by atoms with van der Waals surface area (Å²) in [6, 6.07) is 0. The third kappa shape index (κ3) is 3.22. The molecule has 1 unspecified atom stereocenters. The van der Waals surface area contributed by atoms with Gasteiger partial charge in [0.05, 0.1) is 0 Å². The Hall–Kier alpha value is -0.770. The molecule has 1 aliphatic heterocycles. The summed E-state index contributed by atoms with van der Waals surface area (Å²) in [5.74, 6) is 0.660. The first-order valence-corrected chi connectivity index (χ1v) is 7.54. The molecular weight excluding hydrogens is 240 g/mol. The summed E-state index contributed by atoms with van der Waals surface area (Å²) in [6.45, 7) is 8.19. The van der Waals surface area contributed by atoms with E-state index in [9.17, 15) is 4.79 Å². The number of carbonyl (C=O) groups is 1. The van der Waals surface area contributed by atoms with E-state index < -0.39 is 5.60 Å². The molecule has 1 saturated heterocycles. The van der Waals surface area contributed by atoms with Crippen LogP contribution in [0.25, 0.3) is 0 Å². The van der Waals surface area contributed by atoms with Crippen molar-refractivity contribution in [3.63, 3.8) is 0 Å². The lowest BCUT2D eigenvalue weighted by Crippen LogP contribution is -2.47. The molecule has 1 amide bonds. The first kappa shape index (κ1) is 14.6. The van der Waals surface area contributed by atoms with Gasteiger partial charge in [0, 0.05) is 13.1 Å². The van der Waals surface area contributed by atoms with Crippen molar-refractivity contribution in [1.29, 1.82) is 0 Å². The summed E-state index contributed by atoms with van der Waals surface area (Å²) in [7, 11) is 0. The Morgan fingerprint density at radius 1 is 1.32 bits per heavy atom. The van der Waals surface area contributed by atoms with Crippen molar-refractivity contribution in [2.45, 2.75) is 58.5 Å². The molecule has 1 aliphatic carbocycles. The van der Waals surface area contributed by atoms with E-state index in [0.29, 0.717) is 11.3 Å². The second-order valence-electron chi connectivity index (χ2n) is 7.15. The number of likely N-dealkylation sites (tertiary alicyclic amines) is 1. The molecule has 1 saturated carbocycles. The van der Waals surface area contributed by atoms with Crippen molar-refractivity contribution >= 4 is 6.09 Å². The summed E-state index contributed by atoms with van der Waals surface area (Å²) in [5, 5.41) is 0. The van der Waals surface area contributed by atoms with Crippen molar-refractivity contribution in [3.8, 4) is 0 Å². The van der Waals surface area contributed by atoms with Gasteiger partial charge in [-0.05, 0) is 64.3 Å². The van der Waals surface area contributed by atoms with Crippen molar-refractivity contribution < 1.29 is 9.53 Å². The number of rotatable bonds is 1. The number of piperidine rings is 1. The molecule has 2 aliphatic rings. The zero-order chi connectivity index (χ0) is 14.1. The van der Waals surface area contributed by atoms with Crippen LogP contribution in [-0.2, 0) is 4.74 Å². The number of amides is 1. The van der Waals surface area contributed by atoms with Crippen molar-refractivity contribution in [1.82, 2.24) is 4.90 Å². The van der Waals surface area contributed by atoms with Crippen molar-refractivity contribution in [3.05, 3.63) is 0 Å². The Labute approximate surface area is 116 Å². The molecular formula is C15H28N2O2. The molecule has 19 heavy (non-hydrogen) atoms. The Kier molecular flexibility index (Phi) is 4.09. The molecule has 0 bridgehead atoms. The monoisotopic (exact) mass is 268 g/mol. The van der Waals surface area contributed by atoms with Gasteiger partial charge in [-0.15, -0.1) is 0 Å². The number of nitrogens with two attached hydrogens (primary N) is 1. The van der Waals surface area contributed by atoms with E-state index in [-0.39, 0.29) is 6.09 Å². The lowest BCUT2D eigenvalue weighted by atomic mass is 9.70. The van der Waals surface area contributed by atoms with Crippen LogP contribution < -0.4 is 5.73 Å². The minimum Gasteiger partial charge on any atom is -0.444 e. The second-order valence-corrected chi connectivity index (χ2v) is 7.15. The number of nitrogens with zero attached hydrogens (tertiary/aromatic N) is 1. The molecule has 1 heterocycles. The Bertz CT molecular complexity index is 328. The van der Waals surface area contributed by atoms with Gasteiger partial charge in [0.2, 0.25) is 0 Å². The minimum atomic E-state index is -0.403. The van der Waals surface area contributed by atoms with E-state index in [1.165, 1.54) is 19.3 Å². The molecule has 0 aromatic rings. The van der Waals surface area contributed by atoms with Crippen LogP contribution in [0.3, 0.4) is 0 Å². The second kappa shape index (κ2) is 5.31. The minimum absolute atomic E-state index is 0.162. The van der Waals surface area contributed by atoms with Crippen LogP contribution in [0.1, 0.15) is 52.9 Å². The van der Waals surface area contributed by atoms with Gasteiger partial charge in [0.25, 0.3) is 0 Å². The fourth-order valence-electron chi connectivity index (χ4n) is 3.70. The normalized spacial score (nSPS) is 26.7. The Morgan fingerprint density at radius 2 is 1.95 bits per heavy atom. The largest absolute Gasteiger partial charge is 0.444 e. The van der Waals surface area contributed by atoms with Crippen molar-refractivity contribution in [2.24, 2.45) is 17.1 Å². The average Bonchev–Trinajstić information content (AvgIpc) is 2.70. The first-order valence-electron chi connectivity index (χ1n) is 7.54. The first-order chi connectivity index (χ1) is 8.86. The predicted molar refractivity (Wildman–Crippen MR) is 75.9 cm³/mol. The molecule has 0 radical (unpaired) electrons. The van der Waals surface area contributed by atoms with Crippen LogP contribution in [0, 0.1) is 11.3 Å². The van der Waals surface area contributed by atoms with E-state index in [1.54, 1.807) is 0 Å². The maximum absolute atomic E-state index is 12.0. The highest BCUT2D eigenvalue weighted by molar-refractivity contribution is 5.68. The van der Waals surface area contributed by atoms with Gasteiger partial charge in [0.1, 0.15) is 5.60 Å². The highest BCUT2D eigenvalue weighted by Gasteiger charge is 2.44. The highest BCUT2D eigenvalue weighted by Crippen LogP contribution is 2.50. The van der Waals surface area contributed by atoms with E-state index in [4.69, 9.17) is 10.5 Å². The fourth-order valence-corrected chi connectivity index (χ4v) is 3.70. The quantitative estimate of drug-likeness (QED) is 0.795. The van der Waals surface area contributed by atoms with Gasteiger partial charge >= 0.3 is 6.09 Å². The SMILES string of the molecule is CC(C)(C)OC(=O)N1CCC2(CCCC2CN)CC1. The smallest absolute Gasteiger partial charge is 0.410 e. The number of ether oxygens (including phenoxy) is 1. The van der Waals surface area contributed by atoms with Crippen LogP contribution in [0.2, 0.25) is 0 Å². The average molecular weight is 268 g/mol. The zero-order valence-corrected chi connectivity index (χ0v) is 12.6. The van der Waals surface area contributed by atoms with E-state index in [1.807, 2.05) is 25.7 Å². The number of hydrogen-bond donors (Lipinski definition) is 1. The van der Waals surface area contributed by atoms with E-state index in [2.05, 4.69) is 0 Å². The van der Waals surface area contributed by atoms with E-state index in [0.717, 1.165) is 32.5 Å². The molecule has 4 nitrogen and oxygen atoms in total. The molecule has 4 heteroatoms. The molecule has 0 aromatic heterocycles. The molecule has 1 atom stereocenters. The summed E-state index contributed by atoms with van der Waals surface area (Å²) in [4.78, 5) is 13.9. The molecule has 110 valence electrons. The van der Waals surface area contributed by atoms with Crippen LogP contribution in [0.4, 0.5) is 4.79 Å². The summed E-state index contributed by atoms with van der Waals surface area (Å²) in [5.41, 5.74) is 5.92. The lowest BCUT2D eigenvalue weighted by Gasteiger charge is -2.43. The van der Waals surface area contributed by atoms with Crippen LogP contribution in [-0.4, -0.2) is 36.2 Å². The zero-order valence-electron chi connectivity index (χ0n) is 12.6. The maximum atomic E-state index is 12.0. The summed E-state index contributed by atoms with van der Waals surface area (Å²) >= 11 is 0. The van der Waals surface area contributed by atoms with Crippen LogP contribution >= 0.6 is 0 Å². The Morgan fingerprint density at radius 3 is 2.47 bits per heavy atom. The van der Waals surface area contributed by atoms with Gasteiger partial charge < -0.3 is 15.4 Å². The molecule has 0 aromatic carbocycles. The van der Waals surface area contributed by atoms with Gasteiger partial charge in [-0.1, -0.05) is 6.42 Å². The van der Waals surface area contributed by atoms with Crippen molar-refractivity contribution in [2.75, 3.05) is 19.6 Å². The lowest BCUT2D eigenvalue weighted by molar-refractivity contribution is 0.00480. The summed E-state index contributed by atoms with van der Waals surface area (Å²) < 4.78 is 5.44. The molecule has 2 rings (SSSR count). The molecule has 1 spiro atoms. The third-order valence-electron chi connectivity index (χ3n) is 4.79. The molecule has 2 fully saturated rings. The van der Waals surface area contributed by atoms with Gasteiger partial charge in [-0.25, -0.2) is 4.79 Å². The summed E-state index contributed by atoms with van der Waals surface area (Å²) in [6.07, 6.45) is 5.88. The molecule has 2 N–H and O–H groups in total. The van der Waals surface area contributed by atoms with Gasteiger partial charge in [0.15, 0.2) is 0 Å². The topological polar surface area (TPSA) is 55.6 Å². The standard InChI is InChI=1S/C15H28N2O2/c1-14(2,3)19-13(18)17-9-7-15(8-10-17)6-4-5-12(15)11-16/h12H,4-11,16H2,1-3H3. The van der Waals surface area contributed by atoms with E-state index >= 15 is 0 Å². The third-order valence-corrected chi connectivity index (χ3v) is 4.79. The van der Waals surface area contributed by atoms with Crippen LogP contribution in [0.15, 0.2) is 0 Å². The predicted octanol–water partition coefficient (Wildman–Crippen LogP) is 2.76. The highest BCUT2D eigenvalue weighted by atomic mass is 16.6. The van der Waals surface area contributed by atoms with Gasteiger partial charge in [-0.2, -0.15) is 0 Å². The number of carbonyl (C=O) groups excluding carboxylic acids is 1. The maximum Gasteiger partial charge on any atom is 0.410 e.